The Bertz CT molecular complexity index is 1340. The number of methoxy groups -OCH3 is 1. The minimum atomic E-state index is -1.27. The zero-order valence-corrected chi connectivity index (χ0v) is 29.5. The first-order valence-corrected chi connectivity index (χ1v) is 19.2. The van der Waals surface area contributed by atoms with Crippen molar-refractivity contribution >= 4 is 37.6 Å². The molecular weight excluding hydrogens is 606 g/mol. The zero-order chi connectivity index (χ0) is 34.3. The van der Waals surface area contributed by atoms with E-state index in [2.05, 4.69) is 42.2 Å². The molecule has 0 aliphatic heterocycles. The number of imidazole rings is 1. The summed E-state index contributed by atoms with van der Waals surface area (Å²) in [6.45, 7) is 19.1. The second kappa shape index (κ2) is 18.1. The van der Waals surface area contributed by atoms with Gasteiger partial charge in [-0.3, -0.25) is 10.6 Å². The number of nitrogens with one attached hydrogen (secondary N) is 3. The Morgan fingerprint density at radius 1 is 1.15 bits per heavy atom. The summed E-state index contributed by atoms with van der Waals surface area (Å²) >= 11 is 0. The molecule has 1 aromatic heterocycles. The highest BCUT2D eigenvalue weighted by molar-refractivity contribution is 6.76. The number of hydrogen-bond acceptors (Lipinski definition) is 9. The van der Waals surface area contributed by atoms with Gasteiger partial charge in [0.05, 0.1) is 19.4 Å². The Labute approximate surface area is 273 Å². The summed E-state index contributed by atoms with van der Waals surface area (Å²) in [5.41, 5.74) is 1.80. The maximum atomic E-state index is 12.8. The summed E-state index contributed by atoms with van der Waals surface area (Å²) in [4.78, 5) is 41.6. The van der Waals surface area contributed by atoms with Crippen molar-refractivity contribution in [1.29, 1.82) is 0 Å². The first kappa shape index (κ1) is 38.1. The lowest BCUT2D eigenvalue weighted by atomic mass is 10.1. The second-order valence-corrected chi connectivity index (χ2v) is 18.4. The SMILES string of the molecule is C=CCC(Nc1cc(NC(=O)OC)ccc1-c1cn(COCC[Si](C)(C)C)c(CCC=CNC(=O)OC(C)(C)C)n1)C(=O)OCC. The van der Waals surface area contributed by atoms with E-state index in [1.165, 1.54) is 7.11 Å². The molecule has 0 aliphatic rings. The summed E-state index contributed by atoms with van der Waals surface area (Å²) in [7, 11) is 0.0118. The fourth-order valence-electron chi connectivity index (χ4n) is 4.11. The van der Waals surface area contributed by atoms with Gasteiger partial charge in [-0.15, -0.1) is 6.58 Å². The van der Waals surface area contributed by atoms with Crippen molar-refractivity contribution in [3.63, 3.8) is 0 Å². The third-order valence-electron chi connectivity index (χ3n) is 6.37. The molecule has 0 fully saturated rings. The Hall–Kier alpha value is -4.10. The van der Waals surface area contributed by atoms with Gasteiger partial charge >= 0.3 is 18.2 Å². The first-order chi connectivity index (χ1) is 21.7. The summed E-state index contributed by atoms with van der Waals surface area (Å²) < 4.78 is 23.3. The van der Waals surface area contributed by atoms with Crippen LogP contribution in [-0.4, -0.2) is 67.7 Å². The maximum Gasteiger partial charge on any atom is 0.411 e. The van der Waals surface area contributed by atoms with Gasteiger partial charge in [0, 0.05) is 50.4 Å². The zero-order valence-electron chi connectivity index (χ0n) is 28.5. The van der Waals surface area contributed by atoms with Gasteiger partial charge in [0.15, 0.2) is 0 Å². The number of benzene rings is 1. The van der Waals surface area contributed by atoms with E-state index in [4.69, 9.17) is 23.9 Å². The van der Waals surface area contributed by atoms with Crippen LogP contribution in [0.1, 0.15) is 46.4 Å². The van der Waals surface area contributed by atoms with Gasteiger partial charge in [-0.05, 0) is 64.8 Å². The normalized spacial score (nSPS) is 12.3. The molecule has 2 amide bonds. The highest BCUT2D eigenvalue weighted by atomic mass is 28.3. The van der Waals surface area contributed by atoms with E-state index in [1.54, 1.807) is 52.1 Å². The van der Waals surface area contributed by atoms with E-state index in [0.717, 1.165) is 11.9 Å². The number of anilines is 2. The predicted molar refractivity (Wildman–Crippen MR) is 183 cm³/mol. The summed E-state index contributed by atoms with van der Waals surface area (Å²) in [5.74, 6) is 0.356. The van der Waals surface area contributed by atoms with Crippen LogP contribution in [0.5, 0.6) is 0 Å². The van der Waals surface area contributed by atoms with Crippen LogP contribution in [0.15, 0.2) is 49.3 Å². The average Bonchev–Trinajstić information content (AvgIpc) is 3.36. The van der Waals surface area contributed by atoms with Crippen molar-refractivity contribution in [2.75, 3.05) is 31.0 Å². The number of carbonyl (C=O) groups excluding carboxylic acids is 3. The second-order valence-electron chi connectivity index (χ2n) is 12.8. The Morgan fingerprint density at radius 2 is 1.89 bits per heavy atom. The van der Waals surface area contributed by atoms with Gasteiger partial charge in [0.2, 0.25) is 0 Å². The molecule has 0 saturated carbocycles. The minimum Gasteiger partial charge on any atom is -0.464 e. The number of allylic oxidation sites excluding steroid dienone is 1. The maximum absolute atomic E-state index is 12.8. The molecule has 3 N–H and O–H groups in total. The highest BCUT2D eigenvalue weighted by Gasteiger charge is 2.22. The number of aromatic nitrogens is 2. The lowest BCUT2D eigenvalue weighted by molar-refractivity contribution is -0.143. The molecule has 12 nitrogen and oxygen atoms in total. The van der Waals surface area contributed by atoms with Crippen molar-refractivity contribution in [2.24, 2.45) is 0 Å². The lowest BCUT2D eigenvalue weighted by Crippen LogP contribution is -2.31. The number of rotatable bonds is 17. The Morgan fingerprint density at radius 3 is 2.52 bits per heavy atom. The molecular formula is C33H51N5O7Si. The van der Waals surface area contributed by atoms with Crippen molar-refractivity contribution in [3.05, 3.63) is 55.2 Å². The monoisotopic (exact) mass is 657 g/mol. The number of amides is 2. The van der Waals surface area contributed by atoms with E-state index in [9.17, 15) is 14.4 Å². The molecule has 0 saturated heterocycles. The van der Waals surface area contributed by atoms with Crippen LogP contribution in [0.4, 0.5) is 21.0 Å². The molecule has 2 aromatic rings. The molecule has 0 radical (unpaired) electrons. The van der Waals surface area contributed by atoms with E-state index in [-0.39, 0.29) is 6.61 Å². The van der Waals surface area contributed by atoms with Gasteiger partial charge in [0.25, 0.3) is 0 Å². The van der Waals surface area contributed by atoms with Crippen LogP contribution >= 0.6 is 0 Å². The van der Waals surface area contributed by atoms with Crippen molar-refractivity contribution < 1.29 is 33.3 Å². The lowest BCUT2D eigenvalue weighted by Gasteiger charge is -2.20. The van der Waals surface area contributed by atoms with Gasteiger partial charge < -0.3 is 28.8 Å². The van der Waals surface area contributed by atoms with E-state index < -0.39 is 37.9 Å². The molecule has 0 aliphatic carbocycles. The van der Waals surface area contributed by atoms with E-state index >= 15 is 0 Å². The summed E-state index contributed by atoms with van der Waals surface area (Å²) in [6.07, 6.45) is 7.30. The summed E-state index contributed by atoms with van der Waals surface area (Å²) in [5, 5.41) is 8.56. The first-order valence-electron chi connectivity index (χ1n) is 15.5. The van der Waals surface area contributed by atoms with Crippen LogP contribution < -0.4 is 16.0 Å². The van der Waals surface area contributed by atoms with Gasteiger partial charge in [-0.1, -0.05) is 31.8 Å². The smallest absolute Gasteiger partial charge is 0.411 e. The van der Waals surface area contributed by atoms with Crippen molar-refractivity contribution in [3.8, 4) is 11.3 Å². The van der Waals surface area contributed by atoms with Gasteiger partial charge in [-0.25, -0.2) is 19.4 Å². The van der Waals surface area contributed by atoms with Crippen molar-refractivity contribution in [2.45, 2.75) is 91.0 Å². The number of alkyl carbamates (subject to hydrolysis) is 1. The third-order valence-corrected chi connectivity index (χ3v) is 8.07. The van der Waals surface area contributed by atoms with Crippen LogP contribution in [0.3, 0.4) is 0 Å². The number of aryl methyl sites for hydroxylation is 1. The number of carbonyl (C=O) groups is 3. The standard InChI is InChI=1S/C33H51N5O7Si/c1-10-14-26(30(39)44-11-2)36-27-21-24(35-32(41)42-6)16-17-25(27)28-22-38(23-43-19-20-46(7,8)9)29(37-28)15-12-13-18-34-31(40)45-33(3,4)5/h10,13,16-18,21-22,26,36H,1,11-12,14-15,19-20,23H2,2-9H3,(H,34,40)(H,35,41). The Kier molecular flexibility index (Phi) is 15.0. The van der Waals surface area contributed by atoms with Crippen LogP contribution in [-0.2, 0) is 36.9 Å². The van der Waals surface area contributed by atoms with Crippen molar-refractivity contribution in [1.82, 2.24) is 14.9 Å². The summed E-state index contributed by atoms with van der Waals surface area (Å²) in [6, 6.07) is 5.59. The molecule has 0 bridgehead atoms. The molecule has 1 unspecified atom stereocenters. The number of esters is 1. The predicted octanol–water partition coefficient (Wildman–Crippen LogP) is 6.93. The highest BCUT2D eigenvalue weighted by Crippen LogP contribution is 2.32. The Balaban J connectivity index is 2.42. The molecule has 1 aromatic carbocycles. The molecule has 254 valence electrons. The molecule has 46 heavy (non-hydrogen) atoms. The van der Waals surface area contributed by atoms with Crippen LogP contribution in [0.2, 0.25) is 25.7 Å². The topological polar surface area (TPSA) is 142 Å². The molecule has 0 spiro atoms. The van der Waals surface area contributed by atoms with E-state index in [0.29, 0.717) is 55.2 Å². The molecule has 2 rings (SSSR count). The number of ether oxygens (including phenoxy) is 4. The fourth-order valence-corrected chi connectivity index (χ4v) is 4.87. The van der Waals surface area contributed by atoms with Gasteiger partial charge in [0.1, 0.15) is 24.2 Å². The third kappa shape index (κ3) is 13.9. The number of nitrogens with zero attached hydrogens (tertiary/aromatic N) is 2. The van der Waals surface area contributed by atoms with Crippen LogP contribution in [0, 0.1) is 0 Å². The quantitative estimate of drug-likeness (QED) is 0.0543. The largest absolute Gasteiger partial charge is 0.464 e. The fraction of sp³-hybridized carbons (Fsp3) is 0.515. The molecule has 1 atom stereocenters. The van der Waals surface area contributed by atoms with Gasteiger partial charge in [-0.2, -0.15) is 0 Å². The van der Waals surface area contributed by atoms with E-state index in [1.807, 2.05) is 22.9 Å². The van der Waals surface area contributed by atoms with Crippen LogP contribution in [0.25, 0.3) is 11.3 Å². The molecule has 13 heteroatoms. The molecule has 1 heterocycles. The average molecular weight is 658 g/mol. The minimum absolute atomic E-state index is 0.234. The number of hydrogen-bond donors (Lipinski definition) is 3.